The Bertz CT molecular complexity index is 408. The van der Waals surface area contributed by atoms with Crippen LogP contribution in [0, 0.1) is 5.82 Å². The molecule has 1 aromatic rings. The van der Waals surface area contributed by atoms with E-state index < -0.39 is 5.82 Å². The smallest absolute Gasteiger partial charge is 0.251 e. The van der Waals surface area contributed by atoms with Gasteiger partial charge in [0.05, 0.1) is 5.02 Å². The Morgan fingerprint density at radius 3 is 2.80 bits per heavy atom. The van der Waals surface area contributed by atoms with Gasteiger partial charge < -0.3 is 5.32 Å². The SMILES string of the molecule is C=C(Br)CNC(=O)c1ccc(F)c(Cl)c1. The number of nitrogens with one attached hydrogen (secondary N) is 1. The molecule has 0 fully saturated rings. The number of amides is 1. The molecular weight excluding hydrogens is 284 g/mol. The summed E-state index contributed by atoms with van der Waals surface area (Å²) in [6.07, 6.45) is 0. The van der Waals surface area contributed by atoms with Crippen LogP contribution < -0.4 is 5.32 Å². The molecule has 0 aliphatic carbocycles. The van der Waals surface area contributed by atoms with Crippen LogP contribution in [0.25, 0.3) is 0 Å². The van der Waals surface area contributed by atoms with Crippen molar-refractivity contribution < 1.29 is 9.18 Å². The summed E-state index contributed by atoms with van der Waals surface area (Å²) in [4.78, 5) is 11.5. The van der Waals surface area contributed by atoms with Crippen LogP contribution >= 0.6 is 27.5 Å². The topological polar surface area (TPSA) is 29.1 Å². The maximum Gasteiger partial charge on any atom is 0.251 e. The lowest BCUT2D eigenvalue weighted by Gasteiger charge is -2.04. The Hall–Kier alpha value is -0.870. The Labute approximate surface area is 100 Å². The molecule has 1 amide bonds. The number of hydrogen-bond acceptors (Lipinski definition) is 1. The minimum absolute atomic E-state index is 0.0691. The standard InChI is InChI=1S/C10H8BrClFNO/c1-6(11)5-14-10(15)7-2-3-9(13)8(12)4-7/h2-4H,1,5H2,(H,14,15). The highest BCUT2D eigenvalue weighted by molar-refractivity contribution is 9.11. The summed E-state index contributed by atoms with van der Waals surface area (Å²) in [6.45, 7) is 3.88. The highest BCUT2D eigenvalue weighted by Gasteiger charge is 2.07. The van der Waals surface area contributed by atoms with Crippen LogP contribution in [0.4, 0.5) is 4.39 Å². The van der Waals surface area contributed by atoms with Gasteiger partial charge in [-0.3, -0.25) is 4.79 Å². The Morgan fingerprint density at radius 2 is 2.27 bits per heavy atom. The maximum absolute atomic E-state index is 12.8. The molecule has 0 unspecified atom stereocenters. The molecule has 0 aliphatic heterocycles. The molecule has 5 heteroatoms. The zero-order valence-electron chi connectivity index (χ0n) is 7.69. The lowest BCUT2D eigenvalue weighted by molar-refractivity contribution is 0.0957. The summed E-state index contributed by atoms with van der Waals surface area (Å²) >= 11 is 8.65. The predicted molar refractivity (Wildman–Crippen MR) is 61.8 cm³/mol. The van der Waals surface area contributed by atoms with Gasteiger partial charge in [0.2, 0.25) is 0 Å². The van der Waals surface area contributed by atoms with Crippen LogP contribution in [0.3, 0.4) is 0 Å². The molecule has 0 radical (unpaired) electrons. The van der Waals surface area contributed by atoms with E-state index in [-0.39, 0.29) is 10.9 Å². The van der Waals surface area contributed by atoms with Gasteiger partial charge in [0.15, 0.2) is 0 Å². The second-order valence-electron chi connectivity index (χ2n) is 2.83. The van der Waals surface area contributed by atoms with E-state index in [4.69, 9.17) is 11.6 Å². The molecule has 0 atom stereocenters. The second kappa shape index (κ2) is 5.28. The summed E-state index contributed by atoms with van der Waals surface area (Å²) in [6, 6.07) is 3.80. The molecule has 0 heterocycles. The fraction of sp³-hybridized carbons (Fsp3) is 0.100. The van der Waals surface area contributed by atoms with Crippen LogP contribution in [0.1, 0.15) is 10.4 Å². The van der Waals surface area contributed by atoms with Gasteiger partial charge in [-0.25, -0.2) is 4.39 Å². The van der Waals surface area contributed by atoms with E-state index in [2.05, 4.69) is 27.8 Å². The van der Waals surface area contributed by atoms with Crippen LogP contribution in [0.15, 0.2) is 29.3 Å². The third-order valence-electron chi connectivity index (χ3n) is 1.62. The minimum atomic E-state index is -0.543. The first-order chi connectivity index (χ1) is 7.00. The Kier molecular flexibility index (Phi) is 4.29. The molecule has 2 nitrogen and oxygen atoms in total. The first-order valence-corrected chi connectivity index (χ1v) is 5.24. The zero-order valence-corrected chi connectivity index (χ0v) is 10.0. The fourth-order valence-electron chi connectivity index (χ4n) is 0.916. The quantitative estimate of drug-likeness (QED) is 0.911. The number of carbonyl (C=O) groups is 1. The van der Waals surface area contributed by atoms with Crippen molar-refractivity contribution >= 4 is 33.4 Å². The molecular formula is C10H8BrClFNO. The number of hydrogen-bond donors (Lipinski definition) is 1. The Balaban J connectivity index is 2.74. The number of benzene rings is 1. The first-order valence-electron chi connectivity index (χ1n) is 4.07. The Morgan fingerprint density at radius 1 is 1.60 bits per heavy atom. The van der Waals surface area contributed by atoms with Gasteiger partial charge in [-0.05, 0) is 18.2 Å². The van der Waals surface area contributed by atoms with Crippen molar-refractivity contribution in [2.75, 3.05) is 6.54 Å². The summed E-state index contributed by atoms with van der Waals surface area (Å²) in [5.74, 6) is -0.865. The van der Waals surface area contributed by atoms with Gasteiger partial charge in [0, 0.05) is 16.6 Å². The molecule has 15 heavy (non-hydrogen) atoms. The average molecular weight is 293 g/mol. The van der Waals surface area contributed by atoms with Crippen LogP contribution in [0.2, 0.25) is 5.02 Å². The second-order valence-corrected chi connectivity index (χ2v) is 4.36. The van der Waals surface area contributed by atoms with Gasteiger partial charge in [0.25, 0.3) is 5.91 Å². The third-order valence-corrected chi connectivity index (χ3v) is 2.19. The van der Waals surface area contributed by atoms with E-state index in [9.17, 15) is 9.18 Å². The first kappa shape index (κ1) is 12.2. The zero-order chi connectivity index (χ0) is 11.4. The normalized spacial score (nSPS) is 9.80. The van der Waals surface area contributed by atoms with Crippen LogP contribution in [-0.4, -0.2) is 12.5 Å². The van der Waals surface area contributed by atoms with Crippen LogP contribution in [-0.2, 0) is 0 Å². The van der Waals surface area contributed by atoms with E-state index in [1.807, 2.05) is 0 Å². The van der Waals surface area contributed by atoms with E-state index in [1.54, 1.807) is 0 Å². The van der Waals surface area contributed by atoms with Gasteiger partial charge in [-0.15, -0.1) is 0 Å². The number of halogens is 3. The molecule has 0 aliphatic rings. The molecule has 0 saturated carbocycles. The van der Waals surface area contributed by atoms with Crippen molar-refractivity contribution in [3.05, 3.63) is 45.7 Å². The highest BCUT2D eigenvalue weighted by atomic mass is 79.9. The van der Waals surface area contributed by atoms with Gasteiger partial charge in [0.1, 0.15) is 5.82 Å². The predicted octanol–water partition coefficient (Wildman–Crippen LogP) is 3.12. The minimum Gasteiger partial charge on any atom is -0.347 e. The van der Waals surface area contributed by atoms with Crippen molar-refractivity contribution in [1.82, 2.24) is 5.32 Å². The van der Waals surface area contributed by atoms with Crippen molar-refractivity contribution in [3.8, 4) is 0 Å². The van der Waals surface area contributed by atoms with E-state index in [0.29, 0.717) is 16.6 Å². The van der Waals surface area contributed by atoms with Gasteiger partial charge in [-0.2, -0.15) is 0 Å². The molecule has 80 valence electrons. The monoisotopic (exact) mass is 291 g/mol. The maximum atomic E-state index is 12.8. The molecule has 0 saturated heterocycles. The van der Waals surface area contributed by atoms with E-state index >= 15 is 0 Å². The summed E-state index contributed by atoms with van der Waals surface area (Å²) in [5.41, 5.74) is 0.315. The van der Waals surface area contributed by atoms with Gasteiger partial charge >= 0.3 is 0 Å². The van der Waals surface area contributed by atoms with Crippen molar-refractivity contribution in [2.24, 2.45) is 0 Å². The molecule has 1 N–H and O–H groups in total. The van der Waals surface area contributed by atoms with Crippen molar-refractivity contribution in [2.45, 2.75) is 0 Å². The van der Waals surface area contributed by atoms with E-state index in [1.165, 1.54) is 12.1 Å². The van der Waals surface area contributed by atoms with Crippen LogP contribution in [0.5, 0.6) is 0 Å². The van der Waals surface area contributed by atoms with Crippen molar-refractivity contribution in [1.29, 1.82) is 0 Å². The molecule has 0 aromatic heterocycles. The van der Waals surface area contributed by atoms with Crippen molar-refractivity contribution in [3.63, 3.8) is 0 Å². The summed E-state index contributed by atoms with van der Waals surface area (Å²) in [5, 5.41) is 2.51. The molecule has 0 bridgehead atoms. The average Bonchev–Trinajstić information content (AvgIpc) is 2.18. The fourth-order valence-corrected chi connectivity index (χ4v) is 1.24. The van der Waals surface area contributed by atoms with Gasteiger partial charge in [-0.1, -0.05) is 34.1 Å². The largest absolute Gasteiger partial charge is 0.347 e. The summed E-state index contributed by atoms with van der Waals surface area (Å²) in [7, 11) is 0. The summed E-state index contributed by atoms with van der Waals surface area (Å²) < 4.78 is 13.4. The lowest BCUT2D eigenvalue weighted by atomic mass is 10.2. The van der Waals surface area contributed by atoms with E-state index in [0.717, 1.165) is 6.07 Å². The lowest BCUT2D eigenvalue weighted by Crippen LogP contribution is -2.24. The molecule has 1 aromatic carbocycles. The highest BCUT2D eigenvalue weighted by Crippen LogP contribution is 2.15. The number of carbonyl (C=O) groups excluding carboxylic acids is 1. The molecule has 1 rings (SSSR count). The molecule has 0 spiro atoms. The number of rotatable bonds is 3. The third kappa shape index (κ3) is 3.64.